The van der Waals surface area contributed by atoms with Crippen LogP contribution < -0.4 is 5.32 Å². The maximum absolute atomic E-state index is 6.22. The second-order valence-corrected chi connectivity index (χ2v) is 5.02. The standard InChI is InChI=1S/C14H15Cl2N3/c1-3-4-13-18-12(8-14(17-2)19-13)10-6-5-9(15)7-11(10)16/h5-8H,3-4H2,1-2H3,(H,17,18,19). The first-order chi connectivity index (χ1) is 9.13. The molecule has 5 heteroatoms. The zero-order chi connectivity index (χ0) is 13.8. The van der Waals surface area contributed by atoms with E-state index in [2.05, 4.69) is 22.2 Å². The number of halogens is 2. The molecule has 0 amide bonds. The molecule has 0 saturated heterocycles. The molecule has 0 bridgehead atoms. The van der Waals surface area contributed by atoms with Crippen LogP contribution in [0, 0.1) is 0 Å². The molecule has 0 atom stereocenters. The van der Waals surface area contributed by atoms with Gasteiger partial charge in [-0.15, -0.1) is 0 Å². The van der Waals surface area contributed by atoms with E-state index >= 15 is 0 Å². The van der Waals surface area contributed by atoms with Gasteiger partial charge in [0.15, 0.2) is 0 Å². The Morgan fingerprint density at radius 2 is 1.95 bits per heavy atom. The summed E-state index contributed by atoms with van der Waals surface area (Å²) in [4.78, 5) is 8.98. The summed E-state index contributed by atoms with van der Waals surface area (Å²) in [5.41, 5.74) is 1.67. The lowest BCUT2D eigenvalue weighted by Gasteiger charge is -2.09. The van der Waals surface area contributed by atoms with Gasteiger partial charge in [0, 0.05) is 30.1 Å². The van der Waals surface area contributed by atoms with Gasteiger partial charge in [-0.05, 0) is 24.6 Å². The summed E-state index contributed by atoms with van der Waals surface area (Å²) in [5, 5.41) is 4.26. The average molecular weight is 296 g/mol. The van der Waals surface area contributed by atoms with Crippen molar-refractivity contribution in [1.29, 1.82) is 0 Å². The molecule has 1 heterocycles. The van der Waals surface area contributed by atoms with E-state index in [4.69, 9.17) is 23.2 Å². The van der Waals surface area contributed by atoms with Crippen molar-refractivity contribution >= 4 is 29.0 Å². The van der Waals surface area contributed by atoms with E-state index < -0.39 is 0 Å². The highest BCUT2D eigenvalue weighted by molar-refractivity contribution is 6.36. The molecule has 2 aromatic rings. The molecule has 0 saturated carbocycles. The van der Waals surface area contributed by atoms with Crippen molar-refractivity contribution in [3.05, 3.63) is 40.1 Å². The van der Waals surface area contributed by atoms with Crippen LogP contribution in [0.2, 0.25) is 10.0 Å². The molecule has 0 aliphatic carbocycles. The highest BCUT2D eigenvalue weighted by Gasteiger charge is 2.09. The minimum Gasteiger partial charge on any atom is -0.373 e. The normalized spacial score (nSPS) is 10.5. The monoisotopic (exact) mass is 295 g/mol. The van der Waals surface area contributed by atoms with Gasteiger partial charge in [-0.25, -0.2) is 9.97 Å². The van der Waals surface area contributed by atoms with Gasteiger partial charge in [-0.2, -0.15) is 0 Å². The summed E-state index contributed by atoms with van der Waals surface area (Å²) >= 11 is 12.1. The van der Waals surface area contributed by atoms with Crippen molar-refractivity contribution in [3.63, 3.8) is 0 Å². The van der Waals surface area contributed by atoms with Gasteiger partial charge in [0.25, 0.3) is 0 Å². The Morgan fingerprint density at radius 3 is 2.58 bits per heavy atom. The number of anilines is 1. The molecule has 19 heavy (non-hydrogen) atoms. The van der Waals surface area contributed by atoms with E-state index in [1.807, 2.05) is 25.2 Å². The van der Waals surface area contributed by atoms with E-state index in [0.717, 1.165) is 35.7 Å². The number of nitrogens with one attached hydrogen (secondary N) is 1. The van der Waals surface area contributed by atoms with Crippen LogP contribution in [-0.4, -0.2) is 17.0 Å². The molecule has 2 rings (SSSR count). The zero-order valence-corrected chi connectivity index (χ0v) is 12.4. The molecule has 0 aliphatic rings. The fourth-order valence-electron chi connectivity index (χ4n) is 1.80. The first kappa shape index (κ1) is 14.1. The summed E-state index contributed by atoms with van der Waals surface area (Å²) in [7, 11) is 1.84. The van der Waals surface area contributed by atoms with Crippen LogP contribution in [0.25, 0.3) is 11.3 Å². The van der Waals surface area contributed by atoms with Crippen LogP contribution in [0.5, 0.6) is 0 Å². The van der Waals surface area contributed by atoms with Gasteiger partial charge in [-0.3, -0.25) is 0 Å². The summed E-state index contributed by atoms with van der Waals surface area (Å²) in [6.45, 7) is 2.10. The van der Waals surface area contributed by atoms with Gasteiger partial charge in [-0.1, -0.05) is 30.1 Å². The van der Waals surface area contributed by atoms with Crippen LogP contribution in [0.4, 0.5) is 5.82 Å². The number of aryl methyl sites for hydroxylation is 1. The molecule has 0 aliphatic heterocycles. The molecule has 0 unspecified atom stereocenters. The van der Waals surface area contributed by atoms with Gasteiger partial charge in [0.05, 0.1) is 10.7 Å². The summed E-state index contributed by atoms with van der Waals surface area (Å²) < 4.78 is 0. The Balaban J connectivity index is 2.51. The minimum atomic E-state index is 0.593. The largest absolute Gasteiger partial charge is 0.373 e. The third-order valence-electron chi connectivity index (χ3n) is 2.71. The van der Waals surface area contributed by atoms with Crippen molar-refractivity contribution in [2.75, 3.05) is 12.4 Å². The van der Waals surface area contributed by atoms with Gasteiger partial charge in [0.1, 0.15) is 11.6 Å². The summed E-state index contributed by atoms with van der Waals surface area (Å²) in [6.07, 6.45) is 1.84. The number of aromatic nitrogens is 2. The van der Waals surface area contributed by atoms with Crippen molar-refractivity contribution in [2.45, 2.75) is 19.8 Å². The summed E-state index contributed by atoms with van der Waals surface area (Å²) in [6, 6.07) is 7.29. The summed E-state index contributed by atoms with van der Waals surface area (Å²) in [5.74, 6) is 1.61. The van der Waals surface area contributed by atoms with Crippen molar-refractivity contribution in [1.82, 2.24) is 9.97 Å². The van der Waals surface area contributed by atoms with Crippen LogP contribution >= 0.6 is 23.2 Å². The Morgan fingerprint density at radius 1 is 1.16 bits per heavy atom. The fraction of sp³-hybridized carbons (Fsp3) is 0.286. The fourth-order valence-corrected chi connectivity index (χ4v) is 2.30. The van der Waals surface area contributed by atoms with Crippen molar-refractivity contribution in [3.8, 4) is 11.3 Å². The lowest BCUT2D eigenvalue weighted by molar-refractivity contribution is 0.838. The maximum Gasteiger partial charge on any atom is 0.131 e. The van der Waals surface area contributed by atoms with Gasteiger partial charge < -0.3 is 5.32 Å². The van der Waals surface area contributed by atoms with Gasteiger partial charge in [0.2, 0.25) is 0 Å². The van der Waals surface area contributed by atoms with E-state index in [1.54, 1.807) is 6.07 Å². The molecule has 1 aromatic carbocycles. The Bertz CT molecular complexity index is 585. The number of hydrogen-bond acceptors (Lipinski definition) is 3. The Labute approximate surface area is 123 Å². The highest BCUT2D eigenvalue weighted by atomic mass is 35.5. The number of rotatable bonds is 4. The van der Waals surface area contributed by atoms with E-state index in [0.29, 0.717) is 10.0 Å². The number of benzene rings is 1. The molecular weight excluding hydrogens is 281 g/mol. The van der Waals surface area contributed by atoms with E-state index in [1.165, 1.54) is 0 Å². The topological polar surface area (TPSA) is 37.8 Å². The Kier molecular flexibility index (Phi) is 4.61. The molecular formula is C14H15Cl2N3. The van der Waals surface area contributed by atoms with Crippen LogP contribution in [-0.2, 0) is 6.42 Å². The SMILES string of the molecule is CCCc1nc(NC)cc(-c2ccc(Cl)cc2Cl)n1. The second kappa shape index (κ2) is 6.22. The highest BCUT2D eigenvalue weighted by Crippen LogP contribution is 2.30. The third kappa shape index (κ3) is 3.37. The first-order valence-electron chi connectivity index (χ1n) is 6.15. The predicted molar refractivity (Wildman–Crippen MR) is 81.0 cm³/mol. The molecule has 1 N–H and O–H groups in total. The predicted octanol–water partition coefficient (Wildman–Crippen LogP) is 4.44. The molecule has 0 fully saturated rings. The average Bonchev–Trinajstić information content (AvgIpc) is 2.38. The van der Waals surface area contributed by atoms with Crippen molar-refractivity contribution in [2.24, 2.45) is 0 Å². The molecule has 1 aromatic heterocycles. The molecule has 100 valence electrons. The second-order valence-electron chi connectivity index (χ2n) is 4.18. The van der Waals surface area contributed by atoms with Crippen LogP contribution in [0.1, 0.15) is 19.2 Å². The number of hydrogen-bond donors (Lipinski definition) is 1. The minimum absolute atomic E-state index is 0.593. The van der Waals surface area contributed by atoms with E-state index in [-0.39, 0.29) is 0 Å². The lowest BCUT2D eigenvalue weighted by atomic mass is 10.1. The smallest absolute Gasteiger partial charge is 0.131 e. The van der Waals surface area contributed by atoms with Gasteiger partial charge >= 0.3 is 0 Å². The van der Waals surface area contributed by atoms with Crippen LogP contribution in [0.3, 0.4) is 0 Å². The lowest BCUT2D eigenvalue weighted by Crippen LogP contribution is -2.01. The van der Waals surface area contributed by atoms with E-state index in [9.17, 15) is 0 Å². The molecule has 0 radical (unpaired) electrons. The zero-order valence-electron chi connectivity index (χ0n) is 10.9. The van der Waals surface area contributed by atoms with Crippen LogP contribution in [0.15, 0.2) is 24.3 Å². The quantitative estimate of drug-likeness (QED) is 0.906. The molecule has 3 nitrogen and oxygen atoms in total. The Hall–Kier alpha value is -1.32. The third-order valence-corrected chi connectivity index (χ3v) is 3.26. The number of nitrogens with zero attached hydrogens (tertiary/aromatic N) is 2. The first-order valence-corrected chi connectivity index (χ1v) is 6.90. The molecule has 0 spiro atoms. The maximum atomic E-state index is 6.22. The van der Waals surface area contributed by atoms with Crippen molar-refractivity contribution < 1.29 is 0 Å².